The lowest BCUT2D eigenvalue weighted by Gasteiger charge is -2.24. The molecule has 0 saturated heterocycles. The maximum Gasteiger partial charge on any atom is 0.274 e. The fraction of sp³-hybridized carbons (Fsp3) is 0.583. The first-order valence-corrected chi connectivity index (χ1v) is 7.25. The van der Waals surface area contributed by atoms with Crippen LogP contribution in [0.2, 0.25) is 0 Å². The van der Waals surface area contributed by atoms with Crippen molar-refractivity contribution >= 4 is 23.5 Å². The summed E-state index contributed by atoms with van der Waals surface area (Å²) in [5, 5.41) is 2.87. The third kappa shape index (κ3) is 3.87. The Balaban J connectivity index is 2.67. The van der Waals surface area contributed by atoms with E-state index in [1.165, 1.54) is 6.20 Å². The molecule has 1 aromatic heterocycles. The van der Waals surface area contributed by atoms with Crippen LogP contribution in [-0.4, -0.2) is 52.9 Å². The molecule has 0 aliphatic carbocycles. The number of thioether (sulfide) groups is 1. The summed E-state index contributed by atoms with van der Waals surface area (Å²) in [6, 6.07) is 0.204. The SMILES string of the molecule is CNc1cnc(C(=O)N(C)C(C)CCSC)cn1. The highest BCUT2D eigenvalue weighted by molar-refractivity contribution is 7.98. The minimum atomic E-state index is -0.0845. The second kappa shape index (κ2) is 7.20. The van der Waals surface area contributed by atoms with Gasteiger partial charge in [0.25, 0.3) is 5.91 Å². The fourth-order valence-corrected chi connectivity index (χ4v) is 2.01. The lowest BCUT2D eigenvalue weighted by molar-refractivity contribution is 0.0735. The molecular formula is C12H20N4OS. The van der Waals surface area contributed by atoms with Crippen molar-refractivity contribution in [3.63, 3.8) is 0 Å². The maximum absolute atomic E-state index is 12.1. The molecule has 0 aliphatic heterocycles. The molecule has 1 rings (SSSR count). The Hall–Kier alpha value is -1.30. The van der Waals surface area contributed by atoms with E-state index in [1.807, 2.05) is 6.92 Å². The highest BCUT2D eigenvalue weighted by Gasteiger charge is 2.18. The van der Waals surface area contributed by atoms with Crippen LogP contribution >= 0.6 is 11.8 Å². The van der Waals surface area contributed by atoms with Gasteiger partial charge in [0.05, 0.1) is 12.4 Å². The Morgan fingerprint density at radius 2 is 2.22 bits per heavy atom. The number of anilines is 1. The zero-order valence-electron chi connectivity index (χ0n) is 11.3. The Kier molecular flexibility index (Phi) is 5.91. The van der Waals surface area contributed by atoms with Crippen molar-refractivity contribution in [3.8, 4) is 0 Å². The Labute approximate surface area is 112 Å². The van der Waals surface area contributed by atoms with Gasteiger partial charge in [-0.2, -0.15) is 11.8 Å². The number of rotatable bonds is 6. The molecule has 1 N–H and O–H groups in total. The van der Waals surface area contributed by atoms with Crippen LogP contribution in [0.5, 0.6) is 0 Å². The monoisotopic (exact) mass is 268 g/mol. The van der Waals surface area contributed by atoms with Crippen molar-refractivity contribution in [3.05, 3.63) is 18.1 Å². The number of nitrogens with one attached hydrogen (secondary N) is 1. The molecule has 0 aliphatic rings. The average Bonchev–Trinajstić information content (AvgIpc) is 2.43. The molecular weight excluding hydrogens is 248 g/mol. The zero-order chi connectivity index (χ0) is 13.5. The highest BCUT2D eigenvalue weighted by Crippen LogP contribution is 2.10. The Morgan fingerprint density at radius 3 is 2.72 bits per heavy atom. The highest BCUT2D eigenvalue weighted by atomic mass is 32.2. The molecule has 1 atom stereocenters. The van der Waals surface area contributed by atoms with E-state index in [1.54, 1.807) is 37.0 Å². The molecule has 1 aromatic rings. The van der Waals surface area contributed by atoms with E-state index in [9.17, 15) is 4.79 Å². The van der Waals surface area contributed by atoms with Crippen LogP contribution in [-0.2, 0) is 0 Å². The Bertz CT molecular complexity index is 382. The summed E-state index contributed by atoms with van der Waals surface area (Å²) in [4.78, 5) is 22.1. The molecule has 0 saturated carbocycles. The molecule has 0 spiro atoms. The first-order chi connectivity index (χ1) is 8.60. The first-order valence-electron chi connectivity index (χ1n) is 5.86. The third-order valence-electron chi connectivity index (χ3n) is 2.85. The van der Waals surface area contributed by atoms with E-state index < -0.39 is 0 Å². The molecule has 100 valence electrons. The molecule has 18 heavy (non-hydrogen) atoms. The molecule has 1 amide bonds. The summed E-state index contributed by atoms with van der Waals surface area (Å²) in [6.45, 7) is 2.05. The van der Waals surface area contributed by atoms with Crippen molar-refractivity contribution < 1.29 is 4.79 Å². The van der Waals surface area contributed by atoms with E-state index in [0.717, 1.165) is 12.2 Å². The molecule has 0 radical (unpaired) electrons. The summed E-state index contributed by atoms with van der Waals surface area (Å²) >= 11 is 1.79. The zero-order valence-corrected chi connectivity index (χ0v) is 12.1. The molecule has 0 fully saturated rings. The fourth-order valence-electron chi connectivity index (χ4n) is 1.43. The second-order valence-electron chi connectivity index (χ2n) is 4.08. The summed E-state index contributed by atoms with van der Waals surface area (Å²) < 4.78 is 0. The van der Waals surface area contributed by atoms with Crippen molar-refractivity contribution in [2.45, 2.75) is 19.4 Å². The number of carbonyl (C=O) groups is 1. The van der Waals surface area contributed by atoms with Crippen LogP contribution in [0.3, 0.4) is 0 Å². The number of hydrogen-bond acceptors (Lipinski definition) is 5. The molecule has 0 bridgehead atoms. The summed E-state index contributed by atoms with van der Waals surface area (Å²) in [7, 11) is 3.57. The average molecular weight is 268 g/mol. The predicted octanol–water partition coefficient (Wildman–Crippen LogP) is 1.73. The van der Waals surface area contributed by atoms with Crippen molar-refractivity contribution in [1.29, 1.82) is 0 Å². The van der Waals surface area contributed by atoms with E-state index in [4.69, 9.17) is 0 Å². The van der Waals surface area contributed by atoms with Gasteiger partial charge in [-0.3, -0.25) is 4.79 Å². The van der Waals surface area contributed by atoms with Gasteiger partial charge in [0.15, 0.2) is 0 Å². The van der Waals surface area contributed by atoms with E-state index in [0.29, 0.717) is 11.5 Å². The molecule has 1 heterocycles. The van der Waals surface area contributed by atoms with Gasteiger partial charge in [0.2, 0.25) is 0 Å². The van der Waals surface area contributed by atoms with Crippen LogP contribution in [0.1, 0.15) is 23.8 Å². The standard InChI is InChI=1S/C12H20N4OS/c1-9(5-6-18-4)16(3)12(17)10-7-15-11(13-2)8-14-10/h7-9H,5-6H2,1-4H3,(H,13,15). The van der Waals surface area contributed by atoms with Crippen LogP contribution in [0.15, 0.2) is 12.4 Å². The van der Waals surface area contributed by atoms with E-state index >= 15 is 0 Å². The van der Waals surface area contributed by atoms with E-state index in [2.05, 4.69) is 21.5 Å². The van der Waals surface area contributed by atoms with Gasteiger partial charge in [-0.1, -0.05) is 0 Å². The molecule has 1 unspecified atom stereocenters. The number of nitrogens with zero attached hydrogens (tertiary/aromatic N) is 3. The lowest BCUT2D eigenvalue weighted by atomic mass is 10.2. The third-order valence-corrected chi connectivity index (χ3v) is 3.49. The largest absolute Gasteiger partial charge is 0.372 e. The van der Waals surface area contributed by atoms with Crippen LogP contribution in [0.4, 0.5) is 5.82 Å². The van der Waals surface area contributed by atoms with Gasteiger partial charge >= 0.3 is 0 Å². The normalized spacial score (nSPS) is 12.0. The Morgan fingerprint density at radius 1 is 1.50 bits per heavy atom. The summed E-state index contributed by atoms with van der Waals surface area (Å²) in [5.74, 6) is 1.62. The topological polar surface area (TPSA) is 58.1 Å². The van der Waals surface area contributed by atoms with Crippen molar-refractivity contribution in [2.24, 2.45) is 0 Å². The minimum absolute atomic E-state index is 0.0845. The summed E-state index contributed by atoms with van der Waals surface area (Å²) in [6.07, 6.45) is 6.11. The van der Waals surface area contributed by atoms with Crippen LogP contribution in [0.25, 0.3) is 0 Å². The predicted molar refractivity (Wildman–Crippen MR) is 76.1 cm³/mol. The minimum Gasteiger partial charge on any atom is -0.372 e. The maximum atomic E-state index is 12.1. The van der Waals surface area contributed by atoms with Gasteiger partial charge in [-0.05, 0) is 25.4 Å². The van der Waals surface area contributed by atoms with Gasteiger partial charge in [-0.15, -0.1) is 0 Å². The second-order valence-corrected chi connectivity index (χ2v) is 5.07. The first kappa shape index (κ1) is 14.8. The van der Waals surface area contributed by atoms with Crippen LogP contribution in [0, 0.1) is 0 Å². The number of carbonyl (C=O) groups excluding carboxylic acids is 1. The van der Waals surface area contributed by atoms with Crippen molar-refractivity contribution in [1.82, 2.24) is 14.9 Å². The van der Waals surface area contributed by atoms with Crippen molar-refractivity contribution in [2.75, 3.05) is 31.4 Å². The molecule has 0 aromatic carbocycles. The lowest BCUT2D eigenvalue weighted by Crippen LogP contribution is -2.36. The van der Waals surface area contributed by atoms with E-state index in [-0.39, 0.29) is 11.9 Å². The van der Waals surface area contributed by atoms with Gasteiger partial charge in [-0.25, -0.2) is 9.97 Å². The molecule has 6 heteroatoms. The van der Waals surface area contributed by atoms with Crippen LogP contribution < -0.4 is 5.32 Å². The number of aromatic nitrogens is 2. The number of amides is 1. The van der Waals surface area contributed by atoms with Gasteiger partial charge in [0.1, 0.15) is 11.5 Å². The molecule has 5 nitrogen and oxygen atoms in total. The van der Waals surface area contributed by atoms with Gasteiger partial charge in [0, 0.05) is 20.1 Å². The quantitative estimate of drug-likeness (QED) is 0.851. The van der Waals surface area contributed by atoms with Gasteiger partial charge < -0.3 is 10.2 Å². The smallest absolute Gasteiger partial charge is 0.274 e. The number of hydrogen-bond donors (Lipinski definition) is 1. The summed E-state index contributed by atoms with van der Waals surface area (Å²) in [5.41, 5.74) is 0.382.